The number of aromatic nitrogens is 2. The van der Waals surface area contributed by atoms with Crippen LogP contribution in [0.4, 0.5) is 0 Å². The molecule has 2 N–H and O–H groups in total. The van der Waals surface area contributed by atoms with E-state index in [-0.39, 0.29) is 0 Å². The van der Waals surface area contributed by atoms with E-state index >= 15 is 0 Å². The Bertz CT molecular complexity index is 543. The number of hydrogen-bond donors (Lipinski definition) is 2. The fraction of sp³-hybridized carbons (Fsp3) is 0.533. The summed E-state index contributed by atoms with van der Waals surface area (Å²) in [7, 11) is 0. The average molecular weight is 259 g/mol. The predicted molar refractivity (Wildman–Crippen MR) is 76.0 cm³/mol. The van der Waals surface area contributed by atoms with Crippen LogP contribution in [0.2, 0.25) is 0 Å². The van der Waals surface area contributed by atoms with Crippen molar-refractivity contribution >= 4 is 11.0 Å². The molecular weight excluding hydrogens is 238 g/mol. The Balaban J connectivity index is 1.60. The Kier molecular flexibility index (Phi) is 3.53. The molecule has 3 heterocycles. The van der Waals surface area contributed by atoms with Crippen molar-refractivity contribution in [1.82, 2.24) is 15.3 Å². The lowest BCUT2D eigenvalue weighted by Gasteiger charge is -2.33. The van der Waals surface area contributed by atoms with Gasteiger partial charge in [-0.3, -0.25) is 0 Å². The van der Waals surface area contributed by atoms with E-state index in [9.17, 15) is 0 Å². The van der Waals surface area contributed by atoms with E-state index in [1.165, 1.54) is 10.9 Å². The molecular formula is C15H21N3O. The first-order valence-corrected chi connectivity index (χ1v) is 6.96. The summed E-state index contributed by atoms with van der Waals surface area (Å²) in [5, 5.41) is 4.80. The van der Waals surface area contributed by atoms with Crippen LogP contribution < -0.4 is 5.32 Å². The lowest BCUT2D eigenvalue weighted by atomic mass is 9.82. The summed E-state index contributed by atoms with van der Waals surface area (Å²) < 4.78 is 5.43. The topological polar surface area (TPSA) is 49.9 Å². The van der Waals surface area contributed by atoms with Gasteiger partial charge in [0.25, 0.3) is 0 Å². The Hall–Kier alpha value is -1.39. The fourth-order valence-electron chi connectivity index (χ4n) is 2.70. The second kappa shape index (κ2) is 5.31. The standard InChI is InChI=1S/C15H21N3O/c1-15(4-7-19-8-5-15)11-16-9-12-10-18-14-13(12)3-2-6-17-14/h2-3,6,10,16H,4-5,7-9,11H2,1H3,(H,17,18). The van der Waals surface area contributed by atoms with Gasteiger partial charge in [0.15, 0.2) is 0 Å². The van der Waals surface area contributed by atoms with Gasteiger partial charge in [0.05, 0.1) is 0 Å². The average Bonchev–Trinajstić information content (AvgIpc) is 2.83. The van der Waals surface area contributed by atoms with Crippen LogP contribution in [0.25, 0.3) is 11.0 Å². The molecule has 4 nitrogen and oxygen atoms in total. The van der Waals surface area contributed by atoms with Crippen LogP contribution in [0.5, 0.6) is 0 Å². The van der Waals surface area contributed by atoms with E-state index < -0.39 is 0 Å². The summed E-state index contributed by atoms with van der Waals surface area (Å²) >= 11 is 0. The van der Waals surface area contributed by atoms with Crippen molar-refractivity contribution in [3.63, 3.8) is 0 Å². The minimum Gasteiger partial charge on any atom is -0.381 e. The Labute approximate surface area is 113 Å². The van der Waals surface area contributed by atoms with Crippen LogP contribution in [0.3, 0.4) is 0 Å². The number of fused-ring (bicyclic) bond motifs is 1. The third-order valence-corrected chi connectivity index (χ3v) is 4.10. The molecule has 1 saturated heterocycles. The number of ether oxygens (including phenoxy) is 1. The highest BCUT2D eigenvalue weighted by Crippen LogP contribution is 2.28. The summed E-state index contributed by atoms with van der Waals surface area (Å²) in [6, 6.07) is 4.10. The number of pyridine rings is 1. The highest BCUT2D eigenvalue weighted by molar-refractivity contribution is 5.79. The molecule has 0 unspecified atom stereocenters. The largest absolute Gasteiger partial charge is 0.381 e. The van der Waals surface area contributed by atoms with Gasteiger partial charge < -0.3 is 15.0 Å². The minimum atomic E-state index is 0.378. The number of nitrogens with one attached hydrogen (secondary N) is 2. The van der Waals surface area contributed by atoms with Crippen LogP contribution in [0.1, 0.15) is 25.3 Å². The second-order valence-electron chi connectivity index (χ2n) is 5.74. The van der Waals surface area contributed by atoms with Gasteiger partial charge in [-0.25, -0.2) is 4.98 Å². The lowest BCUT2D eigenvalue weighted by molar-refractivity contribution is 0.0240. The molecule has 0 aliphatic carbocycles. The van der Waals surface area contributed by atoms with E-state index in [1.54, 1.807) is 0 Å². The van der Waals surface area contributed by atoms with Gasteiger partial charge in [-0.15, -0.1) is 0 Å². The Morgan fingerprint density at radius 2 is 2.26 bits per heavy atom. The quantitative estimate of drug-likeness (QED) is 0.887. The Morgan fingerprint density at radius 3 is 3.11 bits per heavy atom. The van der Waals surface area contributed by atoms with Crippen molar-refractivity contribution in [2.24, 2.45) is 5.41 Å². The number of nitrogens with zero attached hydrogens (tertiary/aromatic N) is 1. The smallest absolute Gasteiger partial charge is 0.137 e. The molecule has 102 valence electrons. The molecule has 0 aromatic carbocycles. The van der Waals surface area contributed by atoms with Crippen LogP contribution >= 0.6 is 0 Å². The SMILES string of the molecule is CC1(CNCc2c[nH]c3ncccc23)CCOCC1. The van der Waals surface area contributed by atoms with Crippen molar-refractivity contribution < 1.29 is 4.74 Å². The second-order valence-corrected chi connectivity index (χ2v) is 5.74. The minimum absolute atomic E-state index is 0.378. The van der Waals surface area contributed by atoms with Crippen LogP contribution in [-0.4, -0.2) is 29.7 Å². The number of aromatic amines is 1. The summed E-state index contributed by atoms with van der Waals surface area (Å²) in [6.07, 6.45) is 6.17. The molecule has 0 amide bonds. The Morgan fingerprint density at radius 1 is 1.42 bits per heavy atom. The molecule has 4 heteroatoms. The first kappa shape index (κ1) is 12.6. The third kappa shape index (κ3) is 2.80. The molecule has 0 spiro atoms. The normalized spacial score (nSPS) is 18.8. The molecule has 3 rings (SSSR count). The highest BCUT2D eigenvalue weighted by atomic mass is 16.5. The van der Waals surface area contributed by atoms with Crippen molar-refractivity contribution in [1.29, 1.82) is 0 Å². The summed E-state index contributed by atoms with van der Waals surface area (Å²) in [4.78, 5) is 7.53. The zero-order chi connectivity index (χ0) is 13.1. The van der Waals surface area contributed by atoms with E-state index in [0.717, 1.165) is 44.8 Å². The molecule has 1 fully saturated rings. The van der Waals surface area contributed by atoms with Crippen molar-refractivity contribution in [2.45, 2.75) is 26.3 Å². The molecule has 1 aliphatic rings. The zero-order valence-corrected chi connectivity index (χ0v) is 11.4. The maximum absolute atomic E-state index is 5.43. The molecule has 0 atom stereocenters. The van der Waals surface area contributed by atoms with E-state index in [1.807, 2.05) is 12.3 Å². The maximum atomic E-state index is 5.43. The van der Waals surface area contributed by atoms with Crippen molar-refractivity contribution in [3.05, 3.63) is 30.1 Å². The summed E-state index contributed by atoms with van der Waals surface area (Å²) in [6.45, 7) is 6.08. The van der Waals surface area contributed by atoms with Crippen molar-refractivity contribution in [2.75, 3.05) is 19.8 Å². The fourth-order valence-corrected chi connectivity index (χ4v) is 2.70. The van der Waals surface area contributed by atoms with Gasteiger partial charge >= 0.3 is 0 Å². The van der Waals surface area contributed by atoms with Gasteiger partial charge in [-0.1, -0.05) is 6.92 Å². The van der Waals surface area contributed by atoms with E-state index in [0.29, 0.717) is 5.41 Å². The molecule has 0 saturated carbocycles. The van der Waals surface area contributed by atoms with Crippen LogP contribution in [0, 0.1) is 5.41 Å². The maximum Gasteiger partial charge on any atom is 0.137 e. The summed E-state index contributed by atoms with van der Waals surface area (Å²) in [5.74, 6) is 0. The number of H-pyrrole nitrogens is 1. The van der Waals surface area contributed by atoms with Crippen LogP contribution in [0.15, 0.2) is 24.5 Å². The van der Waals surface area contributed by atoms with E-state index in [2.05, 4.69) is 34.5 Å². The van der Waals surface area contributed by atoms with E-state index in [4.69, 9.17) is 4.74 Å². The molecule has 1 aliphatic heterocycles. The van der Waals surface area contributed by atoms with Gasteiger partial charge in [0.2, 0.25) is 0 Å². The molecule has 19 heavy (non-hydrogen) atoms. The van der Waals surface area contributed by atoms with Gasteiger partial charge in [-0.2, -0.15) is 0 Å². The van der Waals surface area contributed by atoms with Gasteiger partial charge in [0, 0.05) is 44.1 Å². The highest BCUT2D eigenvalue weighted by Gasteiger charge is 2.26. The monoisotopic (exact) mass is 259 g/mol. The number of rotatable bonds is 4. The lowest BCUT2D eigenvalue weighted by Crippen LogP contribution is -2.36. The first-order valence-electron chi connectivity index (χ1n) is 6.96. The molecule has 0 radical (unpaired) electrons. The first-order chi connectivity index (χ1) is 9.27. The van der Waals surface area contributed by atoms with Crippen LogP contribution in [-0.2, 0) is 11.3 Å². The van der Waals surface area contributed by atoms with Gasteiger partial charge in [0.1, 0.15) is 5.65 Å². The molecule has 2 aromatic rings. The predicted octanol–water partition coefficient (Wildman–Crippen LogP) is 2.47. The van der Waals surface area contributed by atoms with Crippen molar-refractivity contribution in [3.8, 4) is 0 Å². The third-order valence-electron chi connectivity index (χ3n) is 4.10. The number of hydrogen-bond acceptors (Lipinski definition) is 3. The molecule has 0 bridgehead atoms. The van der Waals surface area contributed by atoms with Gasteiger partial charge in [-0.05, 0) is 36.0 Å². The molecule has 2 aromatic heterocycles. The summed E-state index contributed by atoms with van der Waals surface area (Å²) in [5.41, 5.74) is 2.64. The zero-order valence-electron chi connectivity index (χ0n) is 11.4.